The van der Waals surface area contributed by atoms with Gasteiger partial charge in [0.25, 0.3) is 11.6 Å². The summed E-state index contributed by atoms with van der Waals surface area (Å²) in [5, 5.41) is 17.3. The molecule has 0 bridgehead atoms. The Morgan fingerprint density at radius 2 is 1.93 bits per heavy atom. The van der Waals surface area contributed by atoms with Crippen molar-refractivity contribution >= 4 is 39.2 Å². The normalized spacial score (nSPS) is 18.4. The SMILES string of the molecule is Cc1ccc(N2C(=O)Nc3ccc(Br)cc3C2(O)C(=O)NCC[NH+](C)C)cc1C. The minimum atomic E-state index is -2.19. The molecule has 154 valence electrons. The first-order valence-corrected chi connectivity index (χ1v) is 10.2. The number of likely N-dealkylation sites (N-methyl/N-ethyl adjacent to an activating group) is 1. The first-order chi connectivity index (χ1) is 13.6. The van der Waals surface area contributed by atoms with Gasteiger partial charge in [-0.2, -0.15) is 0 Å². The smallest absolute Gasteiger partial charge is 0.329 e. The molecule has 1 atom stereocenters. The number of aryl methyl sites for hydroxylation is 2. The number of fused-ring (bicyclic) bond motifs is 1. The number of hydrogen-bond acceptors (Lipinski definition) is 3. The van der Waals surface area contributed by atoms with Crippen LogP contribution < -0.4 is 20.4 Å². The number of anilines is 2. The number of hydrogen-bond donors (Lipinski definition) is 4. The van der Waals surface area contributed by atoms with Crippen molar-refractivity contribution in [3.8, 4) is 0 Å². The molecular weight excluding hydrogens is 436 g/mol. The molecule has 0 radical (unpaired) electrons. The summed E-state index contributed by atoms with van der Waals surface area (Å²) >= 11 is 3.40. The molecule has 4 N–H and O–H groups in total. The Labute approximate surface area is 178 Å². The molecule has 1 aliphatic rings. The molecule has 0 saturated carbocycles. The van der Waals surface area contributed by atoms with Crippen molar-refractivity contribution in [1.29, 1.82) is 0 Å². The van der Waals surface area contributed by atoms with Crippen LogP contribution in [0.25, 0.3) is 0 Å². The van der Waals surface area contributed by atoms with Crippen LogP contribution in [0.3, 0.4) is 0 Å². The van der Waals surface area contributed by atoms with E-state index < -0.39 is 17.7 Å². The van der Waals surface area contributed by atoms with Crippen molar-refractivity contribution in [1.82, 2.24) is 5.32 Å². The molecule has 0 spiro atoms. The molecule has 2 aromatic carbocycles. The van der Waals surface area contributed by atoms with Gasteiger partial charge in [0.15, 0.2) is 0 Å². The van der Waals surface area contributed by atoms with Crippen LogP contribution in [-0.4, -0.2) is 44.2 Å². The van der Waals surface area contributed by atoms with Crippen LogP contribution in [0.4, 0.5) is 16.2 Å². The van der Waals surface area contributed by atoms with E-state index in [-0.39, 0.29) is 0 Å². The Balaban J connectivity index is 2.13. The summed E-state index contributed by atoms with van der Waals surface area (Å²) in [6.45, 7) is 4.94. The maximum absolute atomic E-state index is 13.2. The van der Waals surface area contributed by atoms with Gasteiger partial charge in [-0.1, -0.05) is 22.0 Å². The molecule has 8 heteroatoms. The van der Waals surface area contributed by atoms with Crippen LogP contribution in [0, 0.1) is 13.8 Å². The van der Waals surface area contributed by atoms with E-state index in [9.17, 15) is 14.7 Å². The zero-order chi connectivity index (χ0) is 21.3. The number of halogens is 1. The molecule has 1 heterocycles. The average Bonchev–Trinajstić information content (AvgIpc) is 2.65. The summed E-state index contributed by atoms with van der Waals surface area (Å²) < 4.78 is 0.691. The van der Waals surface area contributed by atoms with Crippen LogP contribution in [0.1, 0.15) is 16.7 Å². The lowest BCUT2D eigenvalue weighted by molar-refractivity contribution is -0.856. The highest BCUT2D eigenvalue weighted by molar-refractivity contribution is 9.10. The minimum absolute atomic E-state index is 0.305. The highest BCUT2D eigenvalue weighted by Crippen LogP contribution is 2.41. The van der Waals surface area contributed by atoms with Crippen molar-refractivity contribution in [2.45, 2.75) is 19.6 Å². The number of nitrogens with one attached hydrogen (secondary N) is 3. The van der Waals surface area contributed by atoms with Gasteiger partial charge in [0, 0.05) is 15.7 Å². The van der Waals surface area contributed by atoms with E-state index in [2.05, 4.69) is 26.6 Å². The van der Waals surface area contributed by atoms with Gasteiger partial charge in [-0.3, -0.25) is 9.69 Å². The molecule has 3 amide bonds. The van der Waals surface area contributed by atoms with Gasteiger partial charge in [-0.05, 0) is 55.3 Å². The number of amides is 3. The van der Waals surface area contributed by atoms with Gasteiger partial charge in [0.05, 0.1) is 32.9 Å². The second kappa shape index (κ2) is 8.14. The highest BCUT2D eigenvalue weighted by atomic mass is 79.9. The average molecular weight is 462 g/mol. The van der Waals surface area contributed by atoms with E-state index in [0.29, 0.717) is 34.5 Å². The maximum Gasteiger partial charge on any atom is 0.329 e. The second-order valence-corrected chi connectivity index (χ2v) is 8.52. The number of urea groups is 1. The Morgan fingerprint density at radius 1 is 1.21 bits per heavy atom. The molecular formula is C21H26BrN4O3+. The van der Waals surface area contributed by atoms with Gasteiger partial charge in [0.1, 0.15) is 0 Å². The molecule has 7 nitrogen and oxygen atoms in total. The van der Waals surface area contributed by atoms with Crippen molar-refractivity contribution in [3.63, 3.8) is 0 Å². The summed E-state index contributed by atoms with van der Waals surface area (Å²) in [5.74, 6) is -0.647. The maximum atomic E-state index is 13.2. The first-order valence-electron chi connectivity index (χ1n) is 9.42. The summed E-state index contributed by atoms with van der Waals surface area (Å²) in [5.41, 5.74) is 0.955. The summed E-state index contributed by atoms with van der Waals surface area (Å²) in [7, 11) is 3.95. The lowest BCUT2D eigenvalue weighted by Crippen LogP contribution is -3.06. The monoisotopic (exact) mass is 461 g/mol. The molecule has 1 unspecified atom stereocenters. The third-order valence-corrected chi connectivity index (χ3v) is 5.59. The van der Waals surface area contributed by atoms with Crippen LogP contribution in [-0.2, 0) is 10.5 Å². The Kier molecular flexibility index (Phi) is 5.97. The molecule has 29 heavy (non-hydrogen) atoms. The number of rotatable bonds is 5. The van der Waals surface area contributed by atoms with Gasteiger partial charge in [-0.25, -0.2) is 4.79 Å². The van der Waals surface area contributed by atoms with Crippen LogP contribution in [0.15, 0.2) is 40.9 Å². The zero-order valence-electron chi connectivity index (χ0n) is 17.0. The molecule has 0 aliphatic carbocycles. The number of benzene rings is 2. The fraction of sp³-hybridized carbons (Fsp3) is 0.333. The fourth-order valence-electron chi connectivity index (χ4n) is 3.29. The van der Waals surface area contributed by atoms with E-state index in [1.54, 1.807) is 30.3 Å². The van der Waals surface area contributed by atoms with E-state index in [1.807, 2.05) is 34.0 Å². The van der Waals surface area contributed by atoms with Gasteiger partial charge in [0.2, 0.25) is 0 Å². The summed E-state index contributed by atoms with van der Waals surface area (Å²) in [6, 6.07) is 9.88. The number of nitrogens with zero attached hydrogens (tertiary/aromatic N) is 1. The Hall–Kier alpha value is -2.42. The summed E-state index contributed by atoms with van der Waals surface area (Å²) in [4.78, 5) is 28.5. The Bertz CT molecular complexity index is 963. The zero-order valence-corrected chi connectivity index (χ0v) is 18.6. The molecule has 0 aromatic heterocycles. The third kappa shape index (κ3) is 4.01. The standard InChI is InChI=1S/C21H25BrN4O3/c1-13-5-7-16(11-14(13)2)26-20(28)24-18-8-6-15(22)12-17(18)21(26,29)19(27)23-9-10-25(3)4/h5-8,11-12,29H,9-10H2,1-4H3,(H,23,27)(H,24,28)/p+1. The van der Waals surface area contributed by atoms with Gasteiger partial charge in [-0.15, -0.1) is 0 Å². The highest BCUT2D eigenvalue weighted by Gasteiger charge is 2.52. The lowest BCUT2D eigenvalue weighted by atomic mass is 9.94. The third-order valence-electron chi connectivity index (χ3n) is 5.10. The Morgan fingerprint density at radius 3 is 2.59 bits per heavy atom. The van der Waals surface area contributed by atoms with E-state index >= 15 is 0 Å². The predicted molar refractivity (Wildman–Crippen MR) is 116 cm³/mol. The number of quaternary nitrogens is 1. The van der Waals surface area contributed by atoms with Crippen LogP contribution in [0.5, 0.6) is 0 Å². The molecule has 3 rings (SSSR count). The minimum Gasteiger partial charge on any atom is -0.359 e. The molecule has 0 saturated heterocycles. The topological polar surface area (TPSA) is 86.1 Å². The fourth-order valence-corrected chi connectivity index (χ4v) is 3.66. The largest absolute Gasteiger partial charge is 0.359 e. The van der Waals surface area contributed by atoms with E-state index in [4.69, 9.17) is 0 Å². The van der Waals surface area contributed by atoms with Crippen molar-refractivity contribution < 1.29 is 19.6 Å². The van der Waals surface area contributed by atoms with Crippen LogP contribution >= 0.6 is 15.9 Å². The summed E-state index contributed by atoms with van der Waals surface area (Å²) in [6.07, 6.45) is 0. The first kappa shape index (κ1) is 21.3. The van der Waals surface area contributed by atoms with Crippen molar-refractivity contribution in [2.75, 3.05) is 37.4 Å². The van der Waals surface area contributed by atoms with Crippen molar-refractivity contribution in [3.05, 3.63) is 57.6 Å². The van der Waals surface area contributed by atoms with Gasteiger partial charge >= 0.3 is 6.03 Å². The molecule has 1 aliphatic heterocycles. The quantitative estimate of drug-likeness (QED) is 0.544. The second-order valence-electron chi connectivity index (χ2n) is 7.61. The number of carbonyl (C=O) groups excluding carboxylic acids is 2. The van der Waals surface area contributed by atoms with Crippen LogP contribution in [0.2, 0.25) is 0 Å². The number of aliphatic hydroxyl groups is 1. The predicted octanol–water partition coefficient (Wildman–Crippen LogP) is 1.52. The van der Waals surface area contributed by atoms with Gasteiger partial charge < -0.3 is 20.6 Å². The van der Waals surface area contributed by atoms with E-state index in [1.165, 1.54) is 0 Å². The number of carbonyl (C=O) groups is 2. The molecule has 2 aromatic rings. The molecule has 0 fully saturated rings. The lowest BCUT2D eigenvalue weighted by Gasteiger charge is -2.42. The van der Waals surface area contributed by atoms with E-state index in [0.717, 1.165) is 20.9 Å². The van der Waals surface area contributed by atoms with Crippen molar-refractivity contribution in [2.24, 2.45) is 0 Å².